The number of aromatic nitrogens is 2. The predicted octanol–water partition coefficient (Wildman–Crippen LogP) is 3.03. The third kappa shape index (κ3) is 2.77. The SMILES string of the molecule is CCC(C)CN(CC)C(=O)c1sc2c(c(C)nn2C)c1N. The smallest absolute Gasteiger partial charge is 0.266 e. The number of nitrogens with two attached hydrogens (primary N) is 1. The fraction of sp³-hybridized carbons (Fsp3) is 0.600. The van der Waals surface area contributed by atoms with E-state index < -0.39 is 0 Å². The average molecular weight is 308 g/mol. The molecule has 2 rings (SSSR count). The molecule has 1 unspecified atom stereocenters. The summed E-state index contributed by atoms with van der Waals surface area (Å²) in [5.74, 6) is 0.531. The first-order chi connectivity index (χ1) is 9.90. The van der Waals surface area contributed by atoms with Crippen LogP contribution in [-0.2, 0) is 7.05 Å². The number of nitrogen functional groups attached to an aromatic ring is 1. The lowest BCUT2D eigenvalue weighted by molar-refractivity contribution is 0.0747. The Morgan fingerprint density at radius 2 is 2.14 bits per heavy atom. The summed E-state index contributed by atoms with van der Waals surface area (Å²) in [7, 11) is 1.89. The molecular formula is C15H24N4OS. The van der Waals surface area contributed by atoms with Crippen molar-refractivity contribution in [2.24, 2.45) is 13.0 Å². The standard InChI is InChI=1S/C15H24N4OS/c1-6-9(3)8-19(7-2)14(20)13-12(16)11-10(4)17-18(5)15(11)21-13/h9H,6-8,16H2,1-5H3. The largest absolute Gasteiger partial charge is 0.397 e. The lowest BCUT2D eigenvalue weighted by Gasteiger charge is -2.23. The van der Waals surface area contributed by atoms with Gasteiger partial charge in [0.25, 0.3) is 5.91 Å². The van der Waals surface area contributed by atoms with Crippen LogP contribution in [0.2, 0.25) is 0 Å². The van der Waals surface area contributed by atoms with Gasteiger partial charge in [-0.15, -0.1) is 11.3 Å². The summed E-state index contributed by atoms with van der Waals surface area (Å²) in [5, 5.41) is 5.28. The Morgan fingerprint density at radius 1 is 1.48 bits per heavy atom. The molecule has 0 aliphatic carbocycles. The zero-order chi connectivity index (χ0) is 15.7. The molecule has 2 aromatic heterocycles. The predicted molar refractivity (Wildman–Crippen MR) is 88.8 cm³/mol. The molecule has 2 N–H and O–H groups in total. The fourth-order valence-corrected chi connectivity index (χ4v) is 3.65. The Hall–Kier alpha value is -1.56. The minimum absolute atomic E-state index is 0.0379. The van der Waals surface area contributed by atoms with Gasteiger partial charge in [-0.25, -0.2) is 0 Å². The van der Waals surface area contributed by atoms with Crippen molar-refractivity contribution in [2.45, 2.75) is 34.1 Å². The number of nitrogens with zero attached hydrogens (tertiary/aromatic N) is 3. The van der Waals surface area contributed by atoms with E-state index in [2.05, 4.69) is 18.9 Å². The van der Waals surface area contributed by atoms with Gasteiger partial charge in [-0.1, -0.05) is 20.3 Å². The minimum Gasteiger partial charge on any atom is -0.397 e. The quantitative estimate of drug-likeness (QED) is 0.923. The number of anilines is 1. The summed E-state index contributed by atoms with van der Waals surface area (Å²) in [4.78, 5) is 16.3. The van der Waals surface area contributed by atoms with Gasteiger partial charge in [0.1, 0.15) is 9.71 Å². The molecule has 5 nitrogen and oxygen atoms in total. The van der Waals surface area contributed by atoms with Crippen LogP contribution >= 0.6 is 11.3 Å². The summed E-state index contributed by atoms with van der Waals surface area (Å²) >= 11 is 1.44. The van der Waals surface area contributed by atoms with Crippen LogP contribution in [0, 0.1) is 12.8 Å². The first kappa shape index (κ1) is 15.8. The van der Waals surface area contributed by atoms with Crippen LogP contribution in [0.15, 0.2) is 0 Å². The van der Waals surface area contributed by atoms with E-state index in [0.29, 0.717) is 23.0 Å². The molecule has 6 heteroatoms. The summed E-state index contributed by atoms with van der Waals surface area (Å²) in [6.07, 6.45) is 1.06. The first-order valence-electron chi connectivity index (χ1n) is 7.41. The number of carbonyl (C=O) groups is 1. The van der Waals surface area contributed by atoms with Crippen molar-refractivity contribution in [1.29, 1.82) is 0 Å². The zero-order valence-electron chi connectivity index (χ0n) is 13.4. The van der Waals surface area contributed by atoms with Gasteiger partial charge in [0.05, 0.1) is 16.8 Å². The molecule has 0 aromatic carbocycles. The maximum atomic E-state index is 12.8. The Morgan fingerprint density at radius 3 is 2.67 bits per heavy atom. The number of thiophene rings is 1. The van der Waals surface area contributed by atoms with Gasteiger partial charge in [0.2, 0.25) is 0 Å². The zero-order valence-corrected chi connectivity index (χ0v) is 14.3. The molecule has 0 fully saturated rings. The van der Waals surface area contributed by atoms with Crippen molar-refractivity contribution in [2.75, 3.05) is 18.8 Å². The Bertz CT molecular complexity index is 658. The van der Waals surface area contributed by atoms with E-state index in [1.807, 2.05) is 25.8 Å². The van der Waals surface area contributed by atoms with Crippen molar-refractivity contribution < 1.29 is 4.79 Å². The van der Waals surface area contributed by atoms with Crippen molar-refractivity contribution in [3.8, 4) is 0 Å². The third-order valence-corrected chi connectivity index (χ3v) is 5.23. The van der Waals surface area contributed by atoms with Gasteiger partial charge in [-0.3, -0.25) is 9.48 Å². The molecule has 21 heavy (non-hydrogen) atoms. The van der Waals surface area contributed by atoms with Crippen molar-refractivity contribution in [3.05, 3.63) is 10.6 Å². The second-order valence-electron chi connectivity index (χ2n) is 5.59. The highest BCUT2D eigenvalue weighted by molar-refractivity contribution is 7.21. The lowest BCUT2D eigenvalue weighted by atomic mass is 10.1. The summed E-state index contributed by atoms with van der Waals surface area (Å²) in [6.45, 7) is 9.72. The number of amides is 1. The maximum absolute atomic E-state index is 12.8. The second-order valence-corrected chi connectivity index (χ2v) is 6.59. The molecule has 0 saturated heterocycles. The van der Waals surface area contributed by atoms with Crippen LogP contribution in [0.5, 0.6) is 0 Å². The van der Waals surface area contributed by atoms with Crippen molar-refractivity contribution >= 4 is 33.1 Å². The molecular weight excluding hydrogens is 284 g/mol. The van der Waals surface area contributed by atoms with E-state index in [9.17, 15) is 4.79 Å². The molecule has 0 aliphatic rings. The molecule has 1 amide bonds. The number of rotatable bonds is 5. The molecule has 0 aliphatic heterocycles. The van der Waals surface area contributed by atoms with E-state index in [1.54, 1.807) is 4.68 Å². The number of aryl methyl sites for hydroxylation is 2. The summed E-state index contributed by atoms with van der Waals surface area (Å²) in [6, 6.07) is 0. The molecule has 1 atom stereocenters. The van der Waals surface area contributed by atoms with Crippen LogP contribution in [0.1, 0.15) is 42.6 Å². The Labute approximate surface area is 129 Å². The van der Waals surface area contributed by atoms with Gasteiger partial charge in [-0.2, -0.15) is 5.10 Å². The maximum Gasteiger partial charge on any atom is 0.266 e. The molecule has 0 saturated carbocycles. The van der Waals surface area contributed by atoms with Crippen molar-refractivity contribution in [1.82, 2.24) is 14.7 Å². The van der Waals surface area contributed by atoms with E-state index in [-0.39, 0.29) is 5.91 Å². The normalized spacial score (nSPS) is 12.8. The van der Waals surface area contributed by atoms with E-state index in [0.717, 1.165) is 28.9 Å². The van der Waals surface area contributed by atoms with Crippen LogP contribution in [0.4, 0.5) is 5.69 Å². The van der Waals surface area contributed by atoms with Crippen LogP contribution < -0.4 is 5.73 Å². The fourth-order valence-electron chi connectivity index (χ4n) is 2.49. The molecule has 2 aromatic rings. The highest BCUT2D eigenvalue weighted by atomic mass is 32.1. The van der Waals surface area contributed by atoms with E-state index >= 15 is 0 Å². The minimum atomic E-state index is 0.0379. The number of carbonyl (C=O) groups excluding carboxylic acids is 1. The molecule has 0 spiro atoms. The average Bonchev–Trinajstić information content (AvgIpc) is 2.94. The topological polar surface area (TPSA) is 64.2 Å². The van der Waals surface area contributed by atoms with Gasteiger partial charge < -0.3 is 10.6 Å². The third-order valence-electron chi connectivity index (χ3n) is 3.97. The van der Waals surface area contributed by atoms with Crippen LogP contribution in [0.3, 0.4) is 0 Å². The Kier molecular flexibility index (Phi) is 4.56. The van der Waals surface area contributed by atoms with Gasteiger partial charge in [0, 0.05) is 20.1 Å². The van der Waals surface area contributed by atoms with Gasteiger partial charge in [-0.05, 0) is 19.8 Å². The summed E-state index contributed by atoms with van der Waals surface area (Å²) < 4.78 is 1.80. The molecule has 116 valence electrons. The van der Waals surface area contributed by atoms with Crippen molar-refractivity contribution in [3.63, 3.8) is 0 Å². The highest BCUT2D eigenvalue weighted by Crippen LogP contribution is 2.36. The van der Waals surface area contributed by atoms with Crippen LogP contribution in [0.25, 0.3) is 10.2 Å². The number of hydrogen-bond acceptors (Lipinski definition) is 4. The van der Waals surface area contributed by atoms with Gasteiger partial charge >= 0.3 is 0 Å². The first-order valence-corrected chi connectivity index (χ1v) is 8.23. The van der Waals surface area contributed by atoms with E-state index in [4.69, 9.17) is 5.73 Å². The molecule has 2 heterocycles. The monoisotopic (exact) mass is 308 g/mol. The molecule has 0 radical (unpaired) electrons. The van der Waals surface area contributed by atoms with E-state index in [1.165, 1.54) is 11.3 Å². The number of fused-ring (bicyclic) bond motifs is 1. The lowest BCUT2D eigenvalue weighted by Crippen LogP contribution is -2.34. The van der Waals surface area contributed by atoms with Gasteiger partial charge in [0.15, 0.2) is 0 Å². The van der Waals surface area contributed by atoms with Crippen LogP contribution in [-0.4, -0.2) is 33.7 Å². The highest BCUT2D eigenvalue weighted by Gasteiger charge is 2.24. The Balaban J connectivity index is 2.38. The summed E-state index contributed by atoms with van der Waals surface area (Å²) in [5.41, 5.74) is 7.68. The second kappa shape index (κ2) is 6.05. The number of hydrogen-bond donors (Lipinski definition) is 1. The molecule has 0 bridgehead atoms.